The number of hydrogen-bond acceptors (Lipinski definition) is 5. The lowest BCUT2D eigenvalue weighted by molar-refractivity contribution is 0.415. The first-order chi connectivity index (χ1) is 13.2. The van der Waals surface area contributed by atoms with Crippen LogP contribution in [0.25, 0.3) is 22.8 Å². The zero-order valence-electron chi connectivity index (χ0n) is 14.5. The fraction of sp³-hybridized carbons (Fsp3) is 0.0526. The van der Waals surface area contributed by atoms with Crippen LogP contribution in [0.3, 0.4) is 0 Å². The summed E-state index contributed by atoms with van der Waals surface area (Å²) in [5.74, 6) is 1.31. The second kappa shape index (κ2) is 7.38. The van der Waals surface area contributed by atoms with E-state index in [2.05, 4.69) is 25.5 Å². The van der Waals surface area contributed by atoms with Crippen LogP contribution in [0.1, 0.15) is 5.56 Å². The number of nitrogens with one attached hydrogen (secondary N) is 2. The molecule has 2 heterocycles. The van der Waals surface area contributed by atoms with Crippen LogP contribution in [-0.2, 0) is 0 Å². The number of ether oxygens (including phenoxy) is 1. The Morgan fingerprint density at radius 2 is 1.89 bits per heavy atom. The van der Waals surface area contributed by atoms with Gasteiger partial charge in [-0.15, -0.1) is 0 Å². The van der Waals surface area contributed by atoms with Gasteiger partial charge in [-0.1, -0.05) is 42.5 Å². The van der Waals surface area contributed by atoms with E-state index in [-0.39, 0.29) is 0 Å². The average molecular weight is 376 g/mol. The maximum atomic E-state index is 5.31. The molecule has 0 saturated carbocycles. The molecule has 0 spiro atoms. The van der Waals surface area contributed by atoms with Crippen LogP contribution in [0.2, 0.25) is 0 Å². The summed E-state index contributed by atoms with van der Waals surface area (Å²) in [6.07, 6.45) is 1.70. The third-order valence-corrected chi connectivity index (χ3v) is 4.22. The fourth-order valence-electron chi connectivity index (χ4n) is 2.61. The molecule has 0 aliphatic rings. The number of nitrogens with zero attached hydrogens (tertiary/aromatic N) is 4. The van der Waals surface area contributed by atoms with Gasteiger partial charge in [0.2, 0.25) is 10.6 Å². The van der Waals surface area contributed by atoms with Crippen LogP contribution in [-0.4, -0.2) is 38.4 Å². The van der Waals surface area contributed by atoms with Crippen LogP contribution in [0.5, 0.6) is 5.75 Å². The zero-order valence-corrected chi connectivity index (χ0v) is 15.3. The summed E-state index contributed by atoms with van der Waals surface area (Å²) in [4.78, 5) is 0. The van der Waals surface area contributed by atoms with Gasteiger partial charge in [0.05, 0.1) is 19.0 Å². The lowest BCUT2D eigenvalue weighted by Gasteiger charge is -2.00. The van der Waals surface area contributed by atoms with Crippen molar-refractivity contribution < 1.29 is 4.74 Å². The standard InChI is InChI=1S/C19H16N6OS/c1-26-15-9-5-6-13(10-15)12-20-25-18(23-24-19(25)27)17-11-16(21-22-17)14-7-3-2-4-8-14/h2-12H,1H3,(H,21,22)(H,24,27). The molecule has 4 aromatic rings. The smallest absolute Gasteiger partial charge is 0.216 e. The van der Waals surface area contributed by atoms with Gasteiger partial charge in [-0.25, -0.2) is 5.10 Å². The molecule has 7 nitrogen and oxygen atoms in total. The van der Waals surface area contributed by atoms with Crippen LogP contribution in [0.4, 0.5) is 0 Å². The Hall–Kier alpha value is -3.52. The van der Waals surface area contributed by atoms with Crippen LogP contribution in [0, 0.1) is 4.77 Å². The van der Waals surface area contributed by atoms with Crippen LogP contribution < -0.4 is 4.74 Å². The molecule has 4 rings (SSSR count). The Morgan fingerprint density at radius 3 is 2.70 bits per heavy atom. The molecule has 27 heavy (non-hydrogen) atoms. The minimum Gasteiger partial charge on any atom is -0.497 e. The van der Waals surface area contributed by atoms with Crippen molar-refractivity contribution in [2.75, 3.05) is 7.11 Å². The van der Waals surface area contributed by atoms with E-state index in [4.69, 9.17) is 17.0 Å². The molecule has 0 atom stereocenters. The number of hydrogen-bond donors (Lipinski definition) is 2. The van der Waals surface area contributed by atoms with Crippen molar-refractivity contribution >= 4 is 18.4 Å². The van der Waals surface area contributed by atoms with Gasteiger partial charge in [-0.2, -0.15) is 20.0 Å². The summed E-state index contributed by atoms with van der Waals surface area (Å²) in [5.41, 5.74) is 3.44. The number of H-pyrrole nitrogens is 2. The van der Waals surface area contributed by atoms with E-state index >= 15 is 0 Å². The molecular formula is C19H16N6OS. The van der Waals surface area contributed by atoms with Gasteiger partial charge in [0.1, 0.15) is 11.4 Å². The quantitative estimate of drug-likeness (QED) is 0.409. The normalized spacial score (nSPS) is 11.1. The minimum absolute atomic E-state index is 0.389. The van der Waals surface area contributed by atoms with E-state index in [1.165, 1.54) is 0 Å². The van der Waals surface area contributed by atoms with E-state index < -0.39 is 0 Å². The van der Waals surface area contributed by atoms with Crippen LogP contribution >= 0.6 is 12.2 Å². The lowest BCUT2D eigenvalue weighted by atomic mass is 10.1. The van der Waals surface area contributed by atoms with Gasteiger partial charge in [0, 0.05) is 5.56 Å². The van der Waals surface area contributed by atoms with Gasteiger partial charge in [0.15, 0.2) is 0 Å². The predicted octanol–water partition coefficient (Wildman–Crippen LogP) is 3.89. The Kier molecular flexibility index (Phi) is 4.63. The molecule has 0 unspecified atom stereocenters. The Morgan fingerprint density at radius 1 is 1.04 bits per heavy atom. The fourth-order valence-corrected chi connectivity index (χ4v) is 2.79. The van der Waals surface area contributed by atoms with Gasteiger partial charge in [-0.05, 0) is 36.0 Å². The highest BCUT2D eigenvalue weighted by molar-refractivity contribution is 7.71. The highest BCUT2D eigenvalue weighted by atomic mass is 32.1. The third-order valence-electron chi connectivity index (χ3n) is 3.95. The molecule has 0 radical (unpaired) electrons. The van der Waals surface area contributed by atoms with E-state index in [9.17, 15) is 0 Å². The molecule has 0 fully saturated rings. The maximum absolute atomic E-state index is 5.31. The first-order valence-electron chi connectivity index (χ1n) is 8.21. The average Bonchev–Trinajstić information content (AvgIpc) is 3.34. The SMILES string of the molecule is COc1cccc(C=Nn2c(-c3cc(-c4ccccc4)n[nH]3)n[nH]c2=S)c1. The summed E-state index contributed by atoms with van der Waals surface area (Å²) in [5, 5.41) is 18.9. The minimum atomic E-state index is 0.389. The van der Waals surface area contributed by atoms with Crippen LogP contribution in [0.15, 0.2) is 65.8 Å². The van der Waals surface area contributed by atoms with Gasteiger partial charge < -0.3 is 4.74 Å². The predicted molar refractivity (Wildman–Crippen MR) is 106 cm³/mol. The molecule has 0 amide bonds. The molecule has 2 aromatic heterocycles. The Bertz CT molecular complexity index is 1140. The van der Waals surface area contributed by atoms with Crippen molar-refractivity contribution in [3.63, 3.8) is 0 Å². The Labute approximate surface area is 160 Å². The lowest BCUT2D eigenvalue weighted by Crippen LogP contribution is -1.95. The molecule has 0 aliphatic heterocycles. The Balaban J connectivity index is 1.67. The monoisotopic (exact) mass is 376 g/mol. The highest BCUT2D eigenvalue weighted by Gasteiger charge is 2.12. The molecule has 0 aliphatic carbocycles. The number of aromatic amines is 2. The highest BCUT2D eigenvalue weighted by Crippen LogP contribution is 2.22. The van der Waals surface area contributed by atoms with E-state index in [0.717, 1.165) is 22.6 Å². The van der Waals surface area contributed by atoms with Crippen molar-refractivity contribution in [2.24, 2.45) is 5.10 Å². The molecule has 2 N–H and O–H groups in total. The van der Waals surface area contributed by atoms with Crippen molar-refractivity contribution in [1.29, 1.82) is 0 Å². The van der Waals surface area contributed by atoms with Crippen molar-refractivity contribution in [3.8, 4) is 28.5 Å². The summed E-state index contributed by atoms with van der Waals surface area (Å²) in [7, 11) is 1.63. The summed E-state index contributed by atoms with van der Waals surface area (Å²) in [6, 6.07) is 19.4. The molecule has 0 saturated heterocycles. The summed E-state index contributed by atoms with van der Waals surface area (Å²) in [6.45, 7) is 0. The first kappa shape index (κ1) is 16.9. The number of methoxy groups -OCH3 is 1. The summed E-state index contributed by atoms with van der Waals surface area (Å²) >= 11 is 5.31. The third kappa shape index (κ3) is 3.56. The maximum Gasteiger partial charge on any atom is 0.216 e. The zero-order chi connectivity index (χ0) is 18.6. The molecule has 0 bridgehead atoms. The first-order valence-corrected chi connectivity index (χ1v) is 8.62. The van der Waals surface area contributed by atoms with Crippen molar-refractivity contribution in [3.05, 3.63) is 71.0 Å². The van der Waals surface area contributed by atoms with Crippen molar-refractivity contribution in [1.82, 2.24) is 25.1 Å². The second-order valence-corrected chi connectivity index (χ2v) is 6.10. The molecule has 134 valence electrons. The largest absolute Gasteiger partial charge is 0.497 e. The number of rotatable bonds is 5. The number of aromatic nitrogens is 5. The topological polar surface area (TPSA) is 83.9 Å². The van der Waals surface area contributed by atoms with E-state index in [1.807, 2.05) is 60.7 Å². The van der Waals surface area contributed by atoms with Crippen molar-refractivity contribution in [2.45, 2.75) is 0 Å². The molecular weight excluding hydrogens is 360 g/mol. The number of benzene rings is 2. The van der Waals surface area contributed by atoms with E-state index in [0.29, 0.717) is 16.3 Å². The molecule has 2 aromatic carbocycles. The van der Waals surface area contributed by atoms with Gasteiger partial charge in [-0.3, -0.25) is 5.10 Å². The van der Waals surface area contributed by atoms with Gasteiger partial charge >= 0.3 is 0 Å². The second-order valence-electron chi connectivity index (χ2n) is 5.72. The van der Waals surface area contributed by atoms with E-state index in [1.54, 1.807) is 18.0 Å². The molecule has 8 heteroatoms. The van der Waals surface area contributed by atoms with Gasteiger partial charge in [0.25, 0.3) is 0 Å². The summed E-state index contributed by atoms with van der Waals surface area (Å²) < 4.78 is 7.17.